The first kappa shape index (κ1) is 18.1. The van der Waals surface area contributed by atoms with Gasteiger partial charge in [-0.2, -0.15) is 0 Å². The van der Waals surface area contributed by atoms with Gasteiger partial charge in [-0.15, -0.1) is 11.3 Å². The Morgan fingerprint density at radius 2 is 1.96 bits per heavy atom. The molecule has 3 rings (SSSR count). The quantitative estimate of drug-likeness (QED) is 0.571. The topological polar surface area (TPSA) is 46.6 Å². The summed E-state index contributed by atoms with van der Waals surface area (Å²) in [4.78, 5) is 28.1. The largest absolute Gasteiger partial charge is 0.462 e. The minimum absolute atomic E-state index is 0.144. The van der Waals surface area contributed by atoms with Crippen molar-refractivity contribution < 1.29 is 14.3 Å². The molecule has 0 saturated heterocycles. The summed E-state index contributed by atoms with van der Waals surface area (Å²) in [7, 11) is 0. The minimum atomic E-state index is -0.441. The van der Waals surface area contributed by atoms with Crippen molar-refractivity contribution in [1.82, 2.24) is 4.90 Å². The van der Waals surface area contributed by atoms with E-state index in [-0.39, 0.29) is 12.5 Å². The predicted molar refractivity (Wildman–Crippen MR) is 103 cm³/mol. The summed E-state index contributed by atoms with van der Waals surface area (Å²) < 4.78 is 5.19. The summed E-state index contributed by atoms with van der Waals surface area (Å²) in [5.41, 5.74) is 2.60. The van der Waals surface area contributed by atoms with Crippen LogP contribution >= 0.6 is 11.3 Å². The van der Waals surface area contributed by atoms with Gasteiger partial charge in [-0.3, -0.25) is 4.79 Å². The van der Waals surface area contributed by atoms with Crippen molar-refractivity contribution in [2.24, 2.45) is 0 Å². The Morgan fingerprint density at radius 3 is 2.62 bits per heavy atom. The Bertz CT molecular complexity index is 851. The molecule has 0 atom stereocenters. The van der Waals surface area contributed by atoms with E-state index in [9.17, 15) is 9.59 Å². The van der Waals surface area contributed by atoms with E-state index in [1.54, 1.807) is 17.9 Å². The van der Waals surface area contributed by atoms with E-state index in [2.05, 4.69) is 0 Å². The zero-order chi connectivity index (χ0) is 18.5. The molecule has 2 heterocycles. The second-order valence-electron chi connectivity index (χ2n) is 5.95. The van der Waals surface area contributed by atoms with Crippen molar-refractivity contribution >= 4 is 29.3 Å². The van der Waals surface area contributed by atoms with E-state index in [4.69, 9.17) is 4.74 Å². The second-order valence-corrected chi connectivity index (χ2v) is 6.93. The van der Waals surface area contributed by atoms with Crippen LogP contribution in [0.4, 0.5) is 0 Å². The molecule has 0 saturated carbocycles. The number of carbonyl (C=O) groups excluding carboxylic acids is 2. The maximum Gasteiger partial charge on any atom is 0.340 e. The van der Waals surface area contributed by atoms with E-state index >= 15 is 0 Å². The van der Waals surface area contributed by atoms with Gasteiger partial charge in [0.2, 0.25) is 0 Å². The number of hydrogen-bond donors (Lipinski definition) is 0. The molecule has 1 amide bonds. The van der Waals surface area contributed by atoms with Crippen molar-refractivity contribution in [3.05, 3.63) is 75.1 Å². The Kier molecular flexibility index (Phi) is 5.68. The molecule has 0 bridgehead atoms. The van der Waals surface area contributed by atoms with Gasteiger partial charge in [0.05, 0.1) is 17.8 Å². The minimum Gasteiger partial charge on any atom is -0.462 e. The van der Waals surface area contributed by atoms with Crippen molar-refractivity contribution in [3.8, 4) is 0 Å². The third kappa shape index (κ3) is 3.78. The Hall–Kier alpha value is -2.66. The van der Waals surface area contributed by atoms with Crippen molar-refractivity contribution in [1.29, 1.82) is 0 Å². The predicted octanol–water partition coefficient (Wildman–Crippen LogP) is 4.05. The van der Waals surface area contributed by atoms with Crippen LogP contribution < -0.4 is 0 Å². The van der Waals surface area contributed by atoms with Gasteiger partial charge >= 0.3 is 5.97 Å². The van der Waals surface area contributed by atoms with Crippen LogP contribution in [-0.2, 0) is 20.7 Å². The SMILES string of the molecule is CCOC(=O)C1=C(C)N(CCc2ccccc2)C(=O)/C1=C\c1cccs1. The van der Waals surface area contributed by atoms with E-state index in [0.29, 0.717) is 23.4 Å². The van der Waals surface area contributed by atoms with E-state index < -0.39 is 5.97 Å². The average molecular weight is 367 g/mol. The number of carbonyl (C=O) groups is 2. The highest BCUT2D eigenvalue weighted by molar-refractivity contribution is 7.10. The number of amides is 1. The molecular weight excluding hydrogens is 346 g/mol. The molecule has 1 aromatic heterocycles. The molecule has 0 spiro atoms. The Morgan fingerprint density at radius 1 is 1.19 bits per heavy atom. The van der Waals surface area contributed by atoms with Crippen LogP contribution in [0.15, 0.2) is 64.7 Å². The monoisotopic (exact) mass is 367 g/mol. The first-order valence-electron chi connectivity index (χ1n) is 8.61. The highest BCUT2D eigenvalue weighted by atomic mass is 32.1. The molecule has 1 aliphatic rings. The lowest BCUT2D eigenvalue weighted by Crippen LogP contribution is -2.27. The van der Waals surface area contributed by atoms with E-state index in [1.807, 2.05) is 54.8 Å². The highest BCUT2D eigenvalue weighted by Gasteiger charge is 2.36. The fraction of sp³-hybridized carbons (Fsp3) is 0.238. The van der Waals surface area contributed by atoms with Gasteiger partial charge in [-0.05, 0) is 43.4 Å². The number of nitrogens with zero attached hydrogens (tertiary/aromatic N) is 1. The molecular formula is C21H21NO3S. The number of ether oxygens (including phenoxy) is 1. The number of hydrogen-bond acceptors (Lipinski definition) is 4. The molecule has 0 aliphatic carbocycles. The summed E-state index contributed by atoms with van der Waals surface area (Å²) >= 11 is 1.53. The number of rotatable bonds is 6. The smallest absolute Gasteiger partial charge is 0.340 e. The van der Waals surface area contributed by atoms with Gasteiger partial charge in [0.1, 0.15) is 0 Å². The molecule has 5 heteroatoms. The molecule has 26 heavy (non-hydrogen) atoms. The van der Waals surface area contributed by atoms with Gasteiger partial charge in [-0.1, -0.05) is 36.4 Å². The molecule has 1 aliphatic heterocycles. The summed E-state index contributed by atoms with van der Waals surface area (Å²) in [6.45, 7) is 4.38. The van der Waals surface area contributed by atoms with Crippen molar-refractivity contribution in [2.75, 3.05) is 13.2 Å². The maximum absolute atomic E-state index is 13.0. The number of allylic oxidation sites excluding steroid dienone is 1. The summed E-state index contributed by atoms with van der Waals surface area (Å²) in [6, 6.07) is 13.9. The molecule has 1 aromatic carbocycles. The van der Waals surface area contributed by atoms with Gasteiger partial charge in [-0.25, -0.2) is 4.79 Å². The van der Waals surface area contributed by atoms with Gasteiger partial charge in [0, 0.05) is 17.1 Å². The molecule has 0 unspecified atom stereocenters. The van der Waals surface area contributed by atoms with Crippen LogP contribution in [0.3, 0.4) is 0 Å². The third-order valence-corrected chi connectivity index (χ3v) is 5.11. The first-order chi connectivity index (χ1) is 12.6. The molecule has 0 fully saturated rings. The highest BCUT2D eigenvalue weighted by Crippen LogP contribution is 2.32. The average Bonchev–Trinajstić information content (AvgIpc) is 3.22. The molecule has 2 aromatic rings. The Labute approximate surface area is 157 Å². The van der Waals surface area contributed by atoms with Crippen LogP contribution in [0, 0.1) is 0 Å². The fourth-order valence-corrected chi connectivity index (χ4v) is 3.66. The third-order valence-electron chi connectivity index (χ3n) is 4.29. The van der Waals surface area contributed by atoms with E-state index in [1.165, 1.54) is 11.3 Å². The Balaban J connectivity index is 1.90. The molecule has 0 N–H and O–H groups in total. The summed E-state index contributed by atoms with van der Waals surface area (Å²) in [5.74, 6) is -0.585. The van der Waals surface area contributed by atoms with Gasteiger partial charge < -0.3 is 9.64 Å². The number of esters is 1. The summed E-state index contributed by atoms with van der Waals surface area (Å²) in [6.07, 6.45) is 2.51. The summed E-state index contributed by atoms with van der Waals surface area (Å²) in [5, 5.41) is 1.94. The normalized spacial score (nSPS) is 15.8. The number of thiophene rings is 1. The van der Waals surface area contributed by atoms with Crippen molar-refractivity contribution in [3.63, 3.8) is 0 Å². The molecule has 4 nitrogen and oxygen atoms in total. The second kappa shape index (κ2) is 8.15. The molecule has 0 radical (unpaired) electrons. The van der Waals surface area contributed by atoms with E-state index in [0.717, 1.165) is 16.9 Å². The molecule has 134 valence electrons. The lowest BCUT2D eigenvalue weighted by atomic mass is 10.1. The van der Waals surface area contributed by atoms with Gasteiger partial charge in [0.15, 0.2) is 0 Å². The lowest BCUT2D eigenvalue weighted by molar-refractivity contribution is -0.138. The first-order valence-corrected chi connectivity index (χ1v) is 9.49. The van der Waals surface area contributed by atoms with Gasteiger partial charge in [0.25, 0.3) is 5.91 Å². The zero-order valence-corrected chi connectivity index (χ0v) is 15.7. The van der Waals surface area contributed by atoms with Crippen LogP contribution in [0.2, 0.25) is 0 Å². The van der Waals surface area contributed by atoms with Crippen LogP contribution in [-0.4, -0.2) is 29.9 Å². The standard InChI is InChI=1S/C21H21NO3S/c1-3-25-21(24)19-15(2)22(12-11-16-8-5-4-6-9-16)20(23)18(19)14-17-10-7-13-26-17/h4-10,13-14H,3,11-12H2,1-2H3/b18-14-. The lowest BCUT2D eigenvalue weighted by Gasteiger charge is -2.17. The maximum atomic E-state index is 13.0. The fourth-order valence-electron chi connectivity index (χ4n) is 3.00. The van der Waals surface area contributed by atoms with Crippen LogP contribution in [0.25, 0.3) is 6.08 Å². The van der Waals surface area contributed by atoms with Crippen LogP contribution in [0.5, 0.6) is 0 Å². The zero-order valence-electron chi connectivity index (χ0n) is 14.9. The van der Waals surface area contributed by atoms with Crippen LogP contribution in [0.1, 0.15) is 24.3 Å². The number of benzene rings is 1. The van der Waals surface area contributed by atoms with Crippen molar-refractivity contribution in [2.45, 2.75) is 20.3 Å².